The van der Waals surface area contributed by atoms with Gasteiger partial charge in [0.15, 0.2) is 0 Å². The highest BCUT2D eigenvalue weighted by Gasteiger charge is 2.22. The highest BCUT2D eigenvalue weighted by molar-refractivity contribution is 5.76. The first kappa shape index (κ1) is 15.7. The standard InChI is InChI=1S/C15H30N4O/c1-17(2)7-8-18-9-11-19(12-10-18)15(20)4-3-14-5-6-16-13-14/h14,16H,3-13H2,1-2H3. The van der Waals surface area contributed by atoms with Crippen molar-refractivity contribution in [3.63, 3.8) is 0 Å². The molecular weight excluding hydrogens is 252 g/mol. The van der Waals surface area contributed by atoms with Crippen LogP contribution in [0, 0.1) is 5.92 Å². The van der Waals surface area contributed by atoms with Crippen molar-refractivity contribution in [2.75, 3.05) is 66.5 Å². The van der Waals surface area contributed by atoms with E-state index in [0.717, 1.165) is 71.1 Å². The van der Waals surface area contributed by atoms with Gasteiger partial charge in [-0.15, -0.1) is 0 Å². The van der Waals surface area contributed by atoms with Crippen LogP contribution >= 0.6 is 0 Å². The molecule has 0 saturated carbocycles. The van der Waals surface area contributed by atoms with Crippen molar-refractivity contribution in [1.82, 2.24) is 20.0 Å². The van der Waals surface area contributed by atoms with Gasteiger partial charge in [-0.2, -0.15) is 0 Å². The fourth-order valence-corrected chi connectivity index (χ4v) is 3.01. The lowest BCUT2D eigenvalue weighted by molar-refractivity contribution is -0.133. The number of carbonyl (C=O) groups excluding carboxylic acids is 1. The summed E-state index contributed by atoms with van der Waals surface area (Å²) in [5.74, 6) is 1.09. The number of rotatable bonds is 6. The smallest absolute Gasteiger partial charge is 0.222 e. The topological polar surface area (TPSA) is 38.8 Å². The quantitative estimate of drug-likeness (QED) is 0.749. The van der Waals surface area contributed by atoms with Gasteiger partial charge in [-0.3, -0.25) is 9.69 Å². The van der Waals surface area contributed by atoms with E-state index in [1.165, 1.54) is 6.42 Å². The first-order valence-corrected chi connectivity index (χ1v) is 8.00. The molecule has 2 heterocycles. The second kappa shape index (κ2) is 7.96. The van der Waals surface area contributed by atoms with Crippen LogP contribution in [-0.2, 0) is 4.79 Å². The van der Waals surface area contributed by atoms with Gasteiger partial charge in [-0.05, 0) is 45.9 Å². The summed E-state index contributed by atoms with van der Waals surface area (Å²) in [4.78, 5) is 18.9. The molecule has 1 N–H and O–H groups in total. The van der Waals surface area contributed by atoms with E-state index in [1.54, 1.807) is 0 Å². The molecular formula is C15H30N4O. The molecule has 116 valence electrons. The Morgan fingerprint density at radius 1 is 1.25 bits per heavy atom. The van der Waals surface area contributed by atoms with Gasteiger partial charge in [-0.1, -0.05) is 0 Å². The number of piperazine rings is 1. The Balaban J connectivity index is 1.61. The second-order valence-corrected chi connectivity index (χ2v) is 6.42. The summed E-state index contributed by atoms with van der Waals surface area (Å²) in [6, 6.07) is 0. The zero-order chi connectivity index (χ0) is 14.4. The summed E-state index contributed by atoms with van der Waals surface area (Å²) in [6.45, 7) is 8.33. The summed E-state index contributed by atoms with van der Waals surface area (Å²) in [6.07, 6.45) is 3.04. The van der Waals surface area contributed by atoms with E-state index in [2.05, 4.69) is 34.1 Å². The zero-order valence-corrected chi connectivity index (χ0v) is 13.1. The largest absolute Gasteiger partial charge is 0.340 e. The monoisotopic (exact) mass is 282 g/mol. The van der Waals surface area contributed by atoms with Crippen molar-refractivity contribution < 1.29 is 4.79 Å². The van der Waals surface area contributed by atoms with Crippen LogP contribution in [-0.4, -0.2) is 87.1 Å². The average Bonchev–Trinajstić information content (AvgIpc) is 2.96. The van der Waals surface area contributed by atoms with E-state index in [4.69, 9.17) is 0 Å². The number of carbonyl (C=O) groups is 1. The van der Waals surface area contributed by atoms with Crippen LogP contribution < -0.4 is 5.32 Å². The molecule has 0 radical (unpaired) electrons. The van der Waals surface area contributed by atoms with E-state index in [0.29, 0.717) is 5.91 Å². The van der Waals surface area contributed by atoms with E-state index in [-0.39, 0.29) is 0 Å². The molecule has 1 atom stereocenters. The van der Waals surface area contributed by atoms with E-state index in [9.17, 15) is 4.79 Å². The normalized spacial score (nSPS) is 24.6. The van der Waals surface area contributed by atoms with Gasteiger partial charge >= 0.3 is 0 Å². The molecule has 0 aliphatic carbocycles. The van der Waals surface area contributed by atoms with Crippen molar-refractivity contribution in [2.45, 2.75) is 19.3 Å². The number of likely N-dealkylation sites (N-methyl/N-ethyl adjacent to an activating group) is 1. The molecule has 1 unspecified atom stereocenters. The van der Waals surface area contributed by atoms with Crippen LogP contribution in [0.3, 0.4) is 0 Å². The number of hydrogen-bond acceptors (Lipinski definition) is 4. The molecule has 0 bridgehead atoms. The van der Waals surface area contributed by atoms with Crippen molar-refractivity contribution in [1.29, 1.82) is 0 Å². The van der Waals surface area contributed by atoms with Gasteiger partial charge in [0.05, 0.1) is 0 Å². The maximum atomic E-state index is 12.2. The van der Waals surface area contributed by atoms with Gasteiger partial charge < -0.3 is 15.1 Å². The summed E-state index contributed by atoms with van der Waals surface area (Å²) < 4.78 is 0. The van der Waals surface area contributed by atoms with Crippen molar-refractivity contribution >= 4 is 5.91 Å². The first-order valence-electron chi connectivity index (χ1n) is 8.00. The zero-order valence-electron chi connectivity index (χ0n) is 13.1. The molecule has 20 heavy (non-hydrogen) atoms. The number of hydrogen-bond donors (Lipinski definition) is 1. The van der Waals surface area contributed by atoms with Crippen LogP contribution in [0.2, 0.25) is 0 Å². The Morgan fingerprint density at radius 2 is 2.00 bits per heavy atom. The van der Waals surface area contributed by atoms with E-state index >= 15 is 0 Å². The molecule has 0 aromatic heterocycles. The summed E-state index contributed by atoms with van der Waals surface area (Å²) in [5, 5.41) is 3.37. The van der Waals surface area contributed by atoms with Crippen molar-refractivity contribution in [3.05, 3.63) is 0 Å². The summed E-state index contributed by atoms with van der Waals surface area (Å²) >= 11 is 0. The molecule has 2 fully saturated rings. The third-order valence-corrected chi connectivity index (χ3v) is 4.52. The second-order valence-electron chi connectivity index (χ2n) is 6.42. The van der Waals surface area contributed by atoms with Gasteiger partial charge in [0.1, 0.15) is 0 Å². The molecule has 2 aliphatic rings. The minimum Gasteiger partial charge on any atom is -0.340 e. The molecule has 1 amide bonds. The average molecular weight is 282 g/mol. The lowest BCUT2D eigenvalue weighted by Gasteiger charge is -2.35. The molecule has 5 nitrogen and oxygen atoms in total. The summed E-state index contributed by atoms with van der Waals surface area (Å²) in [5.41, 5.74) is 0. The third kappa shape index (κ3) is 5.04. The first-order chi connectivity index (χ1) is 9.65. The fraction of sp³-hybridized carbons (Fsp3) is 0.933. The van der Waals surface area contributed by atoms with Gasteiger partial charge in [-0.25, -0.2) is 0 Å². The predicted molar refractivity (Wildman–Crippen MR) is 81.8 cm³/mol. The Bertz CT molecular complexity index is 294. The van der Waals surface area contributed by atoms with E-state index < -0.39 is 0 Å². The maximum Gasteiger partial charge on any atom is 0.222 e. The van der Waals surface area contributed by atoms with Crippen molar-refractivity contribution in [2.24, 2.45) is 5.92 Å². The molecule has 2 saturated heterocycles. The lowest BCUT2D eigenvalue weighted by atomic mass is 10.0. The van der Waals surface area contributed by atoms with Crippen LogP contribution in [0.4, 0.5) is 0 Å². The van der Waals surface area contributed by atoms with Crippen LogP contribution in [0.15, 0.2) is 0 Å². The van der Waals surface area contributed by atoms with Crippen LogP contribution in [0.1, 0.15) is 19.3 Å². The summed E-state index contributed by atoms with van der Waals surface area (Å²) in [7, 11) is 4.22. The molecule has 0 spiro atoms. The number of nitrogens with one attached hydrogen (secondary N) is 1. The molecule has 2 rings (SSSR count). The molecule has 0 aromatic rings. The minimum absolute atomic E-state index is 0.365. The lowest BCUT2D eigenvalue weighted by Crippen LogP contribution is -2.50. The fourth-order valence-electron chi connectivity index (χ4n) is 3.01. The predicted octanol–water partition coefficient (Wildman–Crippen LogP) is 0.0819. The van der Waals surface area contributed by atoms with Crippen LogP contribution in [0.5, 0.6) is 0 Å². The van der Waals surface area contributed by atoms with Gasteiger partial charge in [0, 0.05) is 45.7 Å². The van der Waals surface area contributed by atoms with Gasteiger partial charge in [0.25, 0.3) is 0 Å². The Labute approximate surface area is 123 Å². The molecule has 2 aliphatic heterocycles. The van der Waals surface area contributed by atoms with E-state index in [1.807, 2.05) is 0 Å². The SMILES string of the molecule is CN(C)CCN1CCN(C(=O)CCC2CCNC2)CC1. The van der Waals surface area contributed by atoms with Gasteiger partial charge in [0.2, 0.25) is 5.91 Å². The number of nitrogens with zero attached hydrogens (tertiary/aromatic N) is 3. The Morgan fingerprint density at radius 3 is 2.60 bits per heavy atom. The highest BCUT2D eigenvalue weighted by atomic mass is 16.2. The third-order valence-electron chi connectivity index (χ3n) is 4.52. The Hall–Kier alpha value is -0.650. The molecule has 0 aromatic carbocycles. The highest BCUT2D eigenvalue weighted by Crippen LogP contribution is 2.15. The maximum absolute atomic E-state index is 12.2. The number of amides is 1. The molecule has 5 heteroatoms. The van der Waals surface area contributed by atoms with Crippen LogP contribution in [0.25, 0.3) is 0 Å². The van der Waals surface area contributed by atoms with Crippen molar-refractivity contribution in [3.8, 4) is 0 Å². The minimum atomic E-state index is 0.365. The Kier molecular flexibility index (Phi) is 6.26.